The van der Waals surface area contributed by atoms with Crippen LogP contribution in [-0.2, 0) is 6.18 Å². The fourth-order valence-electron chi connectivity index (χ4n) is 2.82. The zero-order chi connectivity index (χ0) is 17.0. The number of benzene rings is 1. The first-order valence-corrected chi connectivity index (χ1v) is 7.84. The Kier molecular flexibility index (Phi) is 5.47. The van der Waals surface area contributed by atoms with E-state index in [1.54, 1.807) is 0 Å². The van der Waals surface area contributed by atoms with Crippen molar-refractivity contribution >= 4 is 5.57 Å². The number of allylic oxidation sites excluding steroid dienone is 3. The summed E-state index contributed by atoms with van der Waals surface area (Å²) in [6, 6.07) is 5.55. The molecule has 2 rings (SSSR count). The van der Waals surface area contributed by atoms with Gasteiger partial charge in [-0.1, -0.05) is 31.7 Å². The molecule has 1 fully saturated rings. The van der Waals surface area contributed by atoms with Crippen molar-refractivity contribution < 1.29 is 13.2 Å². The molecule has 1 saturated heterocycles. The van der Waals surface area contributed by atoms with E-state index in [4.69, 9.17) is 0 Å². The second-order valence-corrected chi connectivity index (χ2v) is 5.69. The highest BCUT2D eigenvalue weighted by atomic mass is 19.4. The van der Waals surface area contributed by atoms with Crippen LogP contribution in [-0.4, -0.2) is 12.6 Å². The maximum Gasteiger partial charge on any atom is 0.416 e. The van der Waals surface area contributed by atoms with E-state index >= 15 is 0 Å². The largest absolute Gasteiger partial charge is 0.416 e. The Hall–Kier alpha value is -1.81. The molecule has 1 atom stereocenters. The predicted molar refractivity (Wildman–Crippen MR) is 89.0 cm³/mol. The molecule has 1 aromatic rings. The maximum atomic E-state index is 12.7. The third-order valence-electron chi connectivity index (χ3n) is 4.18. The van der Waals surface area contributed by atoms with E-state index in [0.717, 1.165) is 53.8 Å². The minimum atomic E-state index is -4.30. The van der Waals surface area contributed by atoms with E-state index in [1.807, 2.05) is 19.1 Å². The molecule has 0 amide bonds. The number of piperidine rings is 1. The first kappa shape index (κ1) is 17.5. The number of hydrogen-bond acceptors (Lipinski definition) is 1. The van der Waals surface area contributed by atoms with Crippen molar-refractivity contribution in [1.82, 2.24) is 5.32 Å². The van der Waals surface area contributed by atoms with Crippen molar-refractivity contribution in [2.75, 3.05) is 6.54 Å². The van der Waals surface area contributed by atoms with Gasteiger partial charge in [-0.3, -0.25) is 0 Å². The van der Waals surface area contributed by atoms with Gasteiger partial charge in [0, 0.05) is 6.04 Å². The Bertz CT molecular complexity index is 621. The predicted octanol–water partition coefficient (Wildman–Crippen LogP) is 5.36. The maximum absolute atomic E-state index is 12.7. The average molecular weight is 321 g/mol. The Morgan fingerprint density at radius 1 is 1.30 bits per heavy atom. The van der Waals surface area contributed by atoms with Crippen molar-refractivity contribution in [3.8, 4) is 0 Å². The number of halogens is 3. The van der Waals surface area contributed by atoms with Gasteiger partial charge in [-0.2, -0.15) is 13.2 Å². The Morgan fingerprint density at radius 2 is 1.96 bits per heavy atom. The van der Waals surface area contributed by atoms with Gasteiger partial charge in [-0.05, 0) is 66.8 Å². The SMILES string of the molecule is C=C1CCNC(CC)/C1=C/C(=C\C)c1ccc(C(F)(F)F)cc1. The van der Waals surface area contributed by atoms with Crippen LogP contribution in [0.3, 0.4) is 0 Å². The highest BCUT2D eigenvalue weighted by Gasteiger charge is 2.30. The van der Waals surface area contributed by atoms with Crippen LogP contribution in [0.2, 0.25) is 0 Å². The number of rotatable bonds is 3. The van der Waals surface area contributed by atoms with Gasteiger partial charge in [0.05, 0.1) is 5.56 Å². The molecular formula is C19H22F3N. The summed E-state index contributed by atoms with van der Waals surface area (Å²) in [5.41, 5.74) is 3.31. The third kappa shape index (κ3) is 4.14. The lowest BCUT2D eigenvalue weighted by atomic mass is 9.88. The standard InChI is InChI=1S/C19H22F3N/c1-4-14(12-17-13(3)10-11-23-18(17)5-2)15-6-8-16(9-7-15)19(20,21)22/h4,6-9,12,18,23H,3,5,10-11H2,1-2H3/b14-4+,17-12+. The van der Waals surface area contributed by atoms with Crippen LogP contribution in [0.1, 0.15) is 37.8 Å². The fourth-order valence-corrected chi connectivity index (χ4v) is 2.82. The normalized spacial score (nSPS) is 21.8. The summed E-state index contributed by atoms with van der Waals surface area (Å²) in [4.78, 5) is 0. The number of hydrogen-bond donors (Lipinski definition) is 1. The molecule has 1 aromatic carbocycles. The molecule has 1 heterocycles. The van der Waals surface area contributed by atoms with Crippen molar-refractivity contribution in [3.05, 3.63) is 65.3 Å². The average Bonchev–Trinajstić information content (AvgIpc) is 2.53. The van der Waals surface area contributed by atoms with Gasteiger partial charge < -0.3 is 5.32 Å². The van der Waals surface area contributed by atoms with Gasteiger partial charge in [0.15, 0.2) is 0 Å². The molecule has 0 radical (unpaired) electrons. The molecule has 23 heavy (non-hydrogen) atoms. The summed E-state index contributed by atoms with van der Waals surface area (Å²) in [6.07, 6.45) is 1.51. The molecule has 0 bridgehead atoms. The lowest BCUT2D eigenvalue weighted by Gasteiger charge is -2.28. The van der Waals surface area contributed by atoms with Gasteiger partial charge >= 0.3 is 6.18 Å². The lowest BCUT2D eigenvalue weighted by Crippen LogP contribution is -2.36. The highest BCUT2D eigenvalue weighted by molar-refractivity contribution is 5.76. The van der Waals surface area contributed by atoms with Crippen LogP contribution in [0.15, 0.2) is 54.1 Å². The smallest absolute Gasteiger partial charge is 0.310 e. The fraction of sp³-hybridized carbons (Fsp3) is 0.368. The summed E-state index contributed by atoms with van der Waals surface area (Å²) >= 11 is 0. The van der Waals surface area contributed by atoms with Crippen molar-refractivity contribution in [3.63, 3.8) is 0 Å². The summed E-state index contributed by atoms with van der Waals surface area (Å²) in [5, 5.41) is 3.45. The van der Waals surface area contributed by atoms with E-state index in [0.29, 0.717) is 0 Å². The van der Waals surface area contributed by atoms with Crippen LogP contribution in [0, 0.1) is 0 Å². The van der Waals surface area contributed by atoms with E-state index in [9.17, 15) is 13.2 Å². The quantitative estimate of drug-likeness (QED) is 0.790. The second kappa shape index (κ2) is 7.18. The molecule has 0 saturated carbocycles. The summed E-state index contributed by atoms with van der Waals surface area (Å²) in [7, 11) is 0. The molecule has 4 heteroatoms. The van der Waals surface area contributed by atoms with E-state index in [-0.39, 0.29) is 6.04 Å². The summed E-state index contributed by atoms with van der Waals surface area (Å²) in [6.45, 7) is 9.06. The van der Waals surface area contributed by atoms with Gasteiger partial charge in [-0.15, -0.1) is 0 Å². The molecule has 124 valence electrons. The van der Waals surface area contributed by atoms with E-state index in [2.05, 4.69) is 18.8 Å². The van der Waals surface area contributed by atoms with Gasteiger partial charge in [-0.25, -0.2) is 0 Å². The van der Waals surface area contributed by atoms with E-state index in [1.165, 1.54) is 12.1 Å². The van der Waals surface area contributed by atoms with Crippen LogP contribution in [0.25, 0.3) is 5.57 Å². The van der Waals surface area contributed by atoms with E-state index < -0.39 is 11.7 Å². The number of alkyl halides is 3. The molecule has 1 aliphatic heterocycles. The Balaban J connectivity index is 2.32. The van der Waals surface area contributed by atoms with Crippen LogP contribution in [0.4, 0.5) is 13.2 Å². The van der Waals surface area contributed by atoms with Crippen LogP contribution >= 0.6 is 0 Å². The molecule has 1 unspecified atom stereocenters. The van der Waals surface area contributed by atoms with Gasteiger partial charge in [0.1, 0.15) is 0 Å². The zero-order valence-electron chi connectivity index (χ0n) is 13.5. The topological polar surface area (TPSA) is 12.0 Å². The lowest BCUT2D eigenvalue weighted by molar-refractivity contribution is -0.137. The van der Waals surface area contributed by atoms with Crippen LogP contribution < -0.4 is 5.32 Å². The van der Waals surface area contributed by atoms with Crippen LogP contribution in [0.5, 0.6) is 0 Å². The first-order chi connectivity index (χ1) is 10.9. The second-order valence-electron chi connectivity index (χ2n) is 5.69. The van der Waals surface area contributed by atoms with Crippen molar-refractivity contribution in [2.24, 2.45) is 0 Å². The van der Waals surface area contributed by atoms with Gasteiger partial charge in [0.25, 0.3) is 0 Å². The third-order valence-corrected chi connectivity index (χ3v) is 4.18. The molecule has 1 nitrogen and oxygen atoms in total. The molecule has 1 N–H and O–H groups in total. The molecule has 0 spiro atoms. The minimum absolute atomic E-state index is 0.251. The monoisotopic (exact) mass is 321 g/mol. The Morgan fingerprint density at radius 3 is 2.48 bits per heavy atom. The Labute approximate surface area is 135 Å². The molecule has 0 aliphatic carbocycles. The van der Waals surface area contributed by atoms with Crippen molar-refractivity contribution in [1.29, 1.82) is 0 Å². The summed E-state index contributed by atoms with van der Waals surface area (Å²) in [5.74, 6) is 0. The molecular weight excluding hydrogens is 299 g/mol. The highest BCUT2D eigenvalue weighted by Crippen LogP contribution is 2.31. The van der Waals surface area contributed by atoms with Gasteiger partial charge in [0.2, 0.25) is 0 Å². The molecule has 1 aliphatic rings. The molecule has 0 aromatic heterocycles. The zero-order valence-corrected chi connectivity index (χ0v) is 13.5. The minimum Gasteiger partial charge on any atom is -0.310 e. The number of nitrogens with one attached hydrogen (secondary N) is 1. The first-order valence-electron chi connectivity index (χ1n) is 7.84. The van der Waals surface area contributed by atoms with Crippen molar-refractivity contribution in [2.45, 2.75) is 38.9 Å². The summed E-state index contributed by atoms with van der Waals surface area (Å²) < 4.78 is 38.0.